The van der Waals surface area contributed by atoms with Gasteiger partial charge >= 0.3 is 0 Å². The molecule has 1 unspecified atom stereocenters. The number of primary sulfonamides is 1. The Kier molecular flexibility index (Phi) is 5.99. The second kappa shape index (κ2) is 7.79. The summed E-state index contributed by atoms with van der Waals surface area (Å²) in [5, 5.41) is 8.61. The number of halogens is 1. The highest BCUT2D eigenvalue weighted by molar-refractivity contribution is 7.89. The van der Waals surface area contributed by atoms with Crippen LogP contribution in [0, 0.1) is 0 Å². The summed E-state index contributed by atoms with van der Waals surface area (Å²) in [6.45, 7) is 1.79. The van der Waals surface area contributed by atoms with E-state index in [1.165, 1.54) is 12.1 Å². The second-order valence-electron chi connectivity index (χ2n) is 5.50. The molecule has 0 aliphatic heterocycles. The number of hydrogen-bond acceptors (Lipinski definition) is 3. The highest BCUT2D eigenvalue weighted by Crippen LogP contribution is 2.18. The van der Waals surface area contributed by atoms with Crippen molar-refractivity contribution in [2.24, 2.45) is 5.14 Å². The first kappa shape index (κ1) is 18.4. The summed E-state index contributed by atoms with van der Waals surface area (Å²) < 4.78 is 22.8. The molecule has 0 aliphatic rings. The minimum atomic E-state index is -3.77. The van der Waals surface area contributed by atoms with Crippen LogP contribution in [-0.4, -0.2) is 14.3 Å². The van der Waals surface area contributed by atoms with E-state index in [1.807, 2.05) is 18.2 Å². The number of carbonyl (C=O) groups excluding carboxylic acids is 1. The van der Waals surface area contributed by atoms with Gasteiger partial charge in [0.25, 0.3) is 0 Å². The summed E-state index contributed by atoms with van der Waals surface area (Å²) in [4.78, 5) is 12.1. The molecule has 2 aromatic carbocycles. The Hall–Kier alpha value is -1.89. The summed E-state index contributed by atoms with van der Waals surface area (Å²) in [5.74, 6) is -0.136. The Labute approximate surface area is 146 Å². The number of hydrogen-bond donors (Lipinski definition) is 2. The highest BCUT2D eigenvalue weighted by Gasteiger charge is 2.13. The lowest BCUT2D eigenvalue weighted by Gasteiger charge is -2.15. The maximum absolute atomic E-state index is 12.1. The molecule has 2 aromatic rings. The second-order valence-corrected chi connectivity index (χ2v) is 7.47. The number of nitrogens with one attached hydrogen (secondary N) is 1. The van der Waals surface area contributed by atoms with Crippen molar-refractivity contribution >= 4 is 27.5 Å². The monoisotopic (exact) mass is 366 g/mol. The van der Waals surface area contributed by atoms with Gasteiger partial charge in [0.15, 0.2) is 0 Å². The zero-order chi connectivity index (χ0) is 17.7. The van der Waals surface area contributed by atoms with Crippen molar-refractivity contribution in [1.82, 2.24) is 5.32 Å². The zero-order valence-electron chi connectivity index (χ0n) is 13.2. The molecule has 2 rings (SSSR count). The lowest BCUT2D eigenvalue weighted by atomic mass is 10.1. The summed E-state index contributed by atoms with van der Waals surface area (Å²) in [6.07, 6.45) is 0.832. The van der Waals surface area contributed by atoms with Gasteiger partial charge in [0, 0.05) is 11.4 Å². The number of benzene rings is 2. The van der Waals surface area contributed by atoms with Crippen molar-refractivity contribution < 1.29 is 13.2 Å². The third kappa shape index (κ3) is 5.06. The van der Waals surface area contributed by atoms with Crippen LogP contribution in [0.1, 0.15) is 30.5 Å². The van der Waals surface area contributed by atoms with E-state index in [9.17, 15) is 13.2 Å². The van der Waals surface area contributed by atoms with Crippen molar-refractivity contribution in [3.63, 3.8) is 0 Å². The third-order valence-electron chi connectivity index (χ3n) is 3.64. The molecule has 3 N–H and O–H groups in total. The quantitative estimate of drug-likeness (QED) is 0.823. The van der Waals surface area contributed by atoms with Crippen LogP contribution in [-0.2, 0) is 21.2 Å². The number of nitrogens with two attached hydrogens (primary N) is 1. The van der Waals surface area contributed by atoms with Crippen molar-refractivity contribution in [1.29, 1.82) is 0 Å². The Balaban J connectivity index is 1.98. The summed E-state index contributed by atoms with van der Waals surface area (Å²) in [5.41, 5.74) is 1.59. The molecule has 128 valence electrons. The van der Waals surface area contributed by atoms with Gasteiger partial charge in [0.1, 0.15) is 0 Å². The fourth-order valence-electron chi connectivity index (χ4n) is 2.31. The summed E-state index contributed by atoms with van der Waals surface area (Å²) in [7, 11) is -3.77. The van der Waals surface area contributed by atoms with Gasteiger partial charge in [-0.15, -0.1) is 0 Å². The van der Waals surface area contributed by atoms with E-state index in [4.69, 9.17) is 16.7 Å². The first-order chi connectivity index (χ1) is 11.3. The molecule has 0 saturated heterocycles. The first-order valence-corrected chi connectivity index (χ1v) is 9.35. The smallest absolute Gasteiger partial charge is 0.238 e. The van der Waals surface area contributed by atoms with Crippen molar-refractivity contribution in [3.05, 3.63) is 64.7 Å². The molecule has 0 saturated carbocycles. The molecule has 1 amide bonds. The minimum absolute atomic E-state index is 0.0252. The standard InChI is InChI=1S/C17H19ClN2O3S/c1-12(14-6-4-7-15(11-14)24(19,22)23)20-17(21)10-9-13-5-2-3-8-16(13)18/h2-8,11-12H,9-10H2,1H3,(H,20,21)(H2,19,22,23). The molecule has 0 radical (unpaired) electrons. The van der Waals surface area contributed by atoms with E-state index < -0.39 is 10.0 Å². The molecule has 5 nitrogen and oxygen atoms in total. The Morgan fingerprint density at radius 3 is 2.58 bits per heavy atom. The molecule has 0 aliphatic carbocycles. The first-order valence-electron chi connectivity index (χ1n) is 7.43. The number of rotatable bonds is 6. The van der Waals surface area contributed by atoms with Crippen LogP contribution in [0.5, 0.6) is 0 Å². The van der Waals surface area contributed by atoms with Gasteiger partial charge in [-0.1, -0.05) is 41.9 Å². The average molecular weight is 367 g/mol. The van der Waals surface area contributed by atoms with Crippen LogP contribution >= 0.6 is 11.6 Å². The number of amides is 1. The molecule has 0 bridgehead atoms. The molecule has 0 spiro atoms. The molecular weight excluding hydrogens is 348 g/mol. The van der Waals surface area contributed by atoms with Gasteiger partial charge in [0.2, 0.25) is 15.9 Å². The molecule has 24 heavy (non-hydrogen) atoms. The van der Waals surface area contributed by atoms with Gasteiger partial charge in [0.05, 0.1) is 10.9 Å². The summed E-state index contributed by atoms with van der Waals surface area (Å²) in [6, 6.07) is 13.3. The van der Waals surface area contributed by atoms with E-state index in [2.05, 4.69) is 5.32 Å². The van der Waals surface area contributed by atoms with Crippen LogP contribution in [0.15, 0.2) is 53.4 Å². The fourth-order valence-corrected chi connectivity index (χ4v) is 3.11. The predicted molar refractivity (Wildman–Crippen MR) is 94.1 cm³/mol. The normalized spacial score (nSPS) is 12.6. The number of sulfonamides is 1. The fraction of sp³-hybridized carbons (Fsp3) is 0.235. The van der Waals surface area contributed by atoms with Crippen LogP contribution in [0.4, 0.5) is 0 Å². The van der Waals surface area contributed by atoms with Crippen LogP contribution < -0.4 is 10.5 Å². The minimum Gasteiger partial charge on any atom is -0.350 e. The van der Waals surface area contributed by atoms with Gasteiger partial charge in [-0.3, -0.25) is 4.79 Å². The Morgan fingerprint density at radius 2 is 1.92 bits per heavy atom. The van der Waals surface area contributed by atoms with E-state index in [0.29, 0.717) is 23.4 Å². The number of aryl methyl sites for hydroxylation is 1. The van der Waals surface area contributed by atoms with E-state index in [1.54, 1.807) is 25.1 Å². The average Bonchev–Trinajstić information content (AvgIpc) is 2.53. The maximum Gasteiger partial charge on any atom is 0.238 e. The maximum atomic E-state index is 12.1. The predicted octanol–water partition coefficient (Wildman–Crippen LogP) is 2.80. The summed E-state index contributed by atoms with van der Waals surface area (Å²) >= 11 is 6.07. The molecule has 0 fully saturated rings. The van der Waals surface area contributed by atoms with Crippen molar-refractivity contribution in [3.8, 4) is 0 Å². The van der Waals surface area contributed by atoms with Gasteiger partial charge in [-0.05, 0) is 42.7 Å². The third-order valence-corrected chi connectivity index (χ3v) is 4.92. The van der Waals surface area contributed by atoms with Crippen LogP contribution in [0.25, 0.3) is 0 Å². The van der Waals surface area contributed by atoms with Gasteiger partial charge in [-0.2, -0.15) is 0 Å². The molecule has 0 aromatic heterocycles. The highest BCUT2D eigenvalue weighted by atomic mass is 35.5. The Bertz CT molecular complexity index is 837. The molecule has 7 heteroatoms. The van der Waals surface area contributed by atoms with E-state index in [-0.39, 0.29) is 16.8 Å². The Morgan fingerprint density at radius 1 is 1.21 bits per heavy atom. The lowest BCUT2D eigenvalue weighted by Crippen LogP contribution is -2.27. The van der Waals surface area contributed by atoms with E-state index in [0.717, 1.165) is 5.56 Å². The van der Waals surface area contributed by atoms with Crippen LogP contribution in [0.3, 0.4) is 0 Å². The SMILES string of the molecule is CC(NC(=O)CCc1ccccc1Cl)c1cccc(S(N)(=O)=O)c1. The molecular formula is C17H19ClN2O3S. The van der Waals surface area contributed by atoms with Gasteiger partial charge in [-0.25, -0.2) is 13.6 Å². The van der Waals surface area contributed by atoms with Crippen molar-refractivity contribution in [2.45, 2.75) is 30.7 Å². The van der Waals surface area contributed by atoms with Gasteiger partial charge < -0.3 is 5.32 Å². The zero-order valence-corrected chi connectivity index (χ0v) is 14.8. The lowest BCUT2D eigenvalue weighted by molar-refractivity contribution is -0.121. The van der Waals surface area contributed by atoms with E-state index >= 15 is 0 Å². The number of carbonyl (C=O) groups is 1. The molecule has 1 atom stereocenters. The largest absolute Gasteiger partial charge is 0.350 e. The topological polar surface area (TPSA) is 89.3 Å². The molecule has 0 heterocycles. The van der Waals surface area contributed by atoms with Crippen molar-refractivity contribution in [2.75, 3.05) is 0 Å². The van der Waals surface area contributed by atoms with Crippen LogP contribution in [0.2, 0.25) is 5.02 Å².